The monoisotopic (exact) mass is 413 g/mol. The summed E-state index contributed by atoms with van der Waals surface area (Å²) in [6.07, 6.45) is 3.29. The summed E-state index contributed by atoms with van der Waals surface area (Å²) in [5, 5.41) is 0. The fourth-order valence-electron chi connectivity index (χ4n) is 2.34. The van der Waals surface area contributed by atoms with E-state index >= 15 is 0 Å². The van der Waals surface area contributed by atoms with Gasteiger partial charge < -0.3 is 14.2 Å². The minimum Gasteiger partial charge on any atom is -0.493 e. The maximum Gasteiger partial charge on any atom is 0.363 e. The van der Waals surface area contributed by atoms with E-state index in [9.17, 15) is 4.79 Å². The van der Waals surface area contributed by atoms with E-state index in [1.54, 1.807) is 31.4 Å². The lowest BCUT2D eigenvalue weighted by molar-refractivity contribution is -0.129. The van der Waals surface area contributed by atoms with E-state index < -0.39 is 5.97 Å². The number of esters is 1. The first-order valence-corrected chi connectivity index (χ1v) is 8.61. The molecule has 1 aliphatic heterocycles. The third kappa shape index (κ3) is 3.86. The molecule has 2 aromatic rings. The molecule has 5 nitrogen and oxygen atoms in total. The number of halogens is 1. The first kappa shape index (κ1) is 17.9. The first-order valence-electron chi connectivity index (χ1n) is 7.81. The van der Waals surface area contributed by atoms with E-state index in [0.29, 0.717) is 18.1 Å². The quantitative estimate of drug-likeness (QED) is 0.400. The minimum atomic E-state index is -0.498. The lowest BCUT2D eigenvalue weighted by Gasteiger charge is -2.11. The normalized spacial score (nSPS) is 14.8. The lowest BCUT2D eigenvalue weighted by atomic mass is 10.1. The van der Waals surface area contributed by atoms with Crippen LogP contribution in [0.5, 0.6) is 11.5 Å². The zero-order valence-electron chi connectivity index (χ0n) is 14.1. The Bertz CT molecular complexity index is 904. The van der Waals surface area contributed by atoms with Crippen LogP contribution in [0.4, 0.5) is 0 Å². The van der Waals surface area contributed by atoms with Gasteiger partial charge in [-0.3, -0.25) is 0 Å². The van der Waals surface area contributed by atoms with Crippen molar-refractivity contribution in [1.29, 1.82) is 0 Å². The fourth-order valence-corrected chi connectivity index (χ4v) is 2.78. The number of hydrogen-bond donors (Lipinski definition) is 0. The Balaban J connectivity index is 1.95. The largest absolute Gasteiger partial charge is 0.493 e. The molecule has 0 N–H and O–H groups in total. The van der Waals surface area contributed by atoms with Gasteiger partial charge in [-0.2, -0.15) is 0 Å². The number of ether oxygens (including phenoxy) is 3. The van der Waals surface area contributed by atoms with E-state index in [2.05, 4.69) is 27.5 Å². The predicted molar refractivity (Wildman–Crippen MR) is 103 cm³/mol. The number of carbonyl (C=O) groups is 1. The molecule has 132 valence electrons. The minimum absolute atomic E-state index is 0.214. The third-order valence-electron chi connectivity index (χ3n) is 3.57. The summed E-state index contributed by atoms with van der Waals surface area (Å²) in [7, 11) is 1.55. The van der Waals surface area contributed by atoms with Crippen molar-refractivity contribution < 1.29 is 19.0 Å². The summed E-state index contributed by atoms with van der Waals surface area (Å²) in [6, 6.07) is 12.8. The number of hydrogen-bond acceptors (Lipinski definition) is 5. The number of nitrogens with zero attached hydrogens (tertiary/aromatic N) is 1. The molecular formula is C20H16BrNO4. The van der Waals surface area contributed by atoms with Gasteiger partial charge in [0.05, 0.1) is 7.11 Å². The summed E-state index contributed by atoms with van der Waals surface area (Å²) in [4.78, 5) is 16.5. The highest BCUT2D eigenvalue weighted by atomic mass is 79.9. The summed E-state index contributed by atoms with van der Waals surface area (Å²) in [6.45, 7) is 3.99. The molecule has 1 heterocycles. The van der Waals surface area contributed by atoms with Gasteiger partial charge in [-0.05, 0) is 35.9 Å². The van der Waals surface area contributed by atoms with Gasteiger partial charge in [-0.25, -0.2) is 9.79 Å². The maximum absolute atomic E-state index is 12.1. The van der Waals surface area contributed by atoms with Gasteiger partial charge in [0.1, 0.15) is 6.61 Å². The van der Waals surface area contributed by atoms with Crippen LogP contribution in [-0.4, -0.2) is 25.6 Å². The molecule has 2 aromatic carbocycles. The number of methoxy groups -OCH3 is 1. The Morgan fingerprint density at radius 1 is 1.23 bits per heavy atom. The molecular weight excluding hydrogens is 398 g/mol. The van der Waals surface area contributed by atoms with Crippen LogP contribution in [0.1, 0.15) is 11.1 Å². The van der Waals surface area contributed by atoms with Crippen molar-refractivity contribution in [3.8, 4) is 11.5 Å². The van der Waals surface area contributed by atoms with Gasteiger partial charge in [0, 0.05) is 10.0 Å². The van der Waals surface area contributed by atoms with Crippen molar-refractivity contribution >= 4 is 33.9 Å². The van der Waals surface area contributed by atoms with Crippen molar-refractivity contribution in [2.24, 2.45) is 4.99 Å². The molecule has 0 atom stereocenters. The Kier molecular flexibility index (Phi) is 5.53. The highest BCUT2D eigenvalue weighted by molar-refractivity contribution is 9.10. The van der Waals surface area contributed by atoms with E-state index in [0.717, 1.165) is 15.6 Å². The predicted octanol–water partition coefficient (Wildman–Crippen LogP) is 4.37. The van der Waals surface area contributed by atoms with Crippen LogP contribution in [0.3, 0.4) is 0 Å². The Morgan fingerprint density at radius 2 is 2.00 bits per heavy atom. The summed E-state index contributed by atoms with van der Waals surface area (Å²) in [5.41, 5.74) is 1.68. The van der Waals surface area contributed by atoms with E-state index in [1.807, 2.05) is 30.3 Å². The standard InChI is InChI=1S/C20H16BrNO4/c1-3-9-25-18-12-15(21)14(11-17(18)24-2)10-16-20(23)26-19(22-16)13-7-5-4-6-8-13/h3-8,10-12H,1,9H2,2H3/b16-10+. The second-order valence-electron chi connectivity index (χ2n) is 5.33. The van der Waals surface area contributed by atoms with Crippen LogP contribution < -0.4 is 9.47 Å². The van der Waals surface area contributed by atoms with Gasteiger partial charge in [0.25, 0.3) is 0 Å². The van der Waals surface area contributed by atoms with Crippen LogP contribution in [0.2, 0.25) is 0 Å². The average Bonchev–Trinajstić information content (AvgIpc) is 3.03. The van der Waals surface area contributed by atoms with Crippen molar-refractivity contribution in [2.75, 3.05) is 13.7 Å². The van der Waals surface area contributed by atoms with Gasteiger partial charge in [0.2, 0.25) is 5.90 Å². The Hall–Kier alpha value is -2.86. The van der Waals surface area contributed by atoms with E-state index in [4.69, 9.17) is 14.2 Å². The zero-order chi connectivity index (χ0) is 18.5. The molecule has 0 fully saturated rings. The number of aliphatic imine (C=N–C) groups is 1. The number of cyclic esters (lactones) is 1. The van der Waals surface area contributed by atoms with E-state index in [-0.39, 0.29) is 11.6 Å². The molecule has 0 saturated carbocycles. The van der Waals surface area contributed by atoms with Crippen LogP contribution in [0.15, 0.2) is 70.3 Å². The summed E-state index contributed by atoms with van der Waals surface area (Å²) < 4.78 is 16.9. The third-order valence-corrected chi connectivity index (χ3v) is 4.26. The van der Waals surface area contributed by atoms with Gasteiger partial charge in [-0.1, -0.05) is 46.8 Å². The molecule has 0 spiro atoms. The van der Waals surface area contributed by atoms with Crippen molar-refractivity contribution in [3.05, 3.63) is 76.4 Å². The molecule has 0 aromatic heterocycles. The highest BCUT2D eigenvalue weighted by Crippen LogP contribution is 2.35. The molecule has 6 heteroatoms. The second-order valence-corrected chi connectivity index (χ2v) is 6.18. The number of benzene rings is 2. The molecule has 0 bridgehead atoms. The van der Waals surface area contributed by atoms with Gasteiger partial charge in [0.15, 0.2) is 17.2 Å². The molecule has 1 aliphatic rings. The van der Waals surface area contributed by atoms with E-state index in [1.165, 1.54) is 0 Å². The topological polar surface area (TPSA) is 57.1 Å². The smallest absolute Gasteiger partial charge is 0.363 e. The SMILES string of the molecule is C=CCOc1cc(Br)c(/C=C2/N=C(c3ccccc3)OC2=O)cc1OC. The molecule has 26 heavy (non-hydrogen) atoms. The highest BCUT2D eigenvalue weighted by Gasteiger charge is 2.24. The molecule has 0 unspecified atom stereocenters. The molecule has 0 radical (unpaired) electrons. The summed E-state index contributed by atoms with van der Waals surface area (Å²) in [5.74, 6) is 0.905. The zero-order valence-corrected chi connectivity index (χ0v) is 15.7. The van der Waals surface area contributed by atoms with Crippen LogP contribution in [-0.2, 0) is 9.53 Å². The molecule has 0 saturated heterocycles. The lowest BCUT2D eigenvalue weighted by Crippen LogP contribution is -2.05. The Labute approximate surface area is 159 Å². The van der Waals surface area contributed by atoms with Crippen molar-refractivity contribution in [1.82, 2.24) is 0 Å². The van der Waals surface area contributed by atoms with Crippen molar-refractivity contribution in [2.45, 2.75) is 0 Å². The average molecular weight is 414 g/mol. The maximum atomic E-state index is 12.1. The molecule has 0 aliphatic carbocycles. The van der Waals surface area contributed by atoms with Gasteiger partial charge in [-0.15, -0.1) is 0 Å². The first-order chi connectivity index (χ1) is 12.6. The fraction of sp³-hybridized carbons (Fsp3) is 0.100. The second kappa shape index (κ2) is 8.01. The Morgan fingerprint density at radius 3 is 2.69 bits per heavy atom. The van der Waals surface area contributed by atoms with Crippen LogP contribution >= 0.6 is 15.9 Å². The number of rotatable bonds is 6. The summed E-state index contributed by atoms with van der Waals surface area (Å²) >= 11 is 3.48. The molecule has 0 amide bonds. The van der Waals surface area contributed by atoms with Crippen molar-refractivity contribution in [3.63, 3.8) is 0 Å². The number of carbonyl (C=O) groups excluding carboxylic acids is 1. The van der Waals surface area contributed by atoms with Crippen LogP contribution in [0.25, 0.3) is 6.08 Å². The molecule has 3 rings (SSSR count). The van der Waals surface area contributed by atoms with Gasteiger partial charge >= 0.3 is 5.97 Å². The van der Waals surface area contributed by atoms with Crippen LogP contribution in [0, 0.1) is 0 Å².